The second-order valence-electron chi connectivity index (χ2n) is 9.26. The summed E-state index contributed by atoms with van der Waals surface area (Å²) >= 11 is 1.60. The molecule has 1 atom stereocenters. The van der Waals surface area contributed by atoms with Gasteiger partial charge in [0.25, 0.3) is 5.91 Å². The van der Waals surface area contributed by atoms with Crippen molar-refractivity contribution in [1.29, 1.82) is 0 Å². The molecular weight excluding hydrogens is 444 g/mol. The van der Waals surface area contributed by atoms with Crippen LogP contribution in [0.3, 0.4) is 0 Å². The third kappa shape index (κ3) is 5.28. The highest BCUT2D eigenvalue weighted by Crippen LogP contribution is 2.42. The Balaban J connectivity index is 1.46. The topological polar surface area (TPSA) is 58.6 Å². The molecule has 1 saturated heterocycles. The maximum absolute atomic E-state index is 12.7. The fourth-order valence-electron chi connectivity index (χ4n) is 3.88. The summed E-state index contributed by atoms with van der Waals surface area (Å²) in [6.07, 6.45) is 0. The molecule has 0 aliphatic carbocycles. The van der Waals surface area contributed by atoms with Crippen LogP contribution < -0.4 is 15.0 Å². The van der Waals surface area contributed by atoms with E-state index in [-0.39, 0.29) is 22.6 Å². The monoisotopic (exact) mass is 474 g/mol. The van der Waals surface area contributed by atoms with Crippen LogP contribution in [0.15, 0.2) is 72.8 Å². The predicted octanol–water partition coefficient (Wildman–Crippen LogP) is 6.41. The van der Waals surface area contributed by atoms with Crippen molar-refractivity contribution in [3.8, 4) is 5.75 Å². The van der Waals surface area contributed by atoms with Crippen LogP contribution in [0.2, 0.25) is 0 Å². The summed E-state index contributed by atoms with van der Waals surface area (Å²) in [7, 11) is 0. The lowest BCUT2D eigenvalue weighted by atomic mass is 9.87. The summed E-state index contributed by atoms with van der Waals surface area (Å²) in [5, 5.41) is 2.85. The molecule has 176 valence electrons. The first-order valence-electron chi connectivity index (χ1n) is 11.4. The first-order valence-corrected chi connectivity index (χ1v) is 12.5. The van der Waals surface area contributed by atoms with E-state index in [0.717, 1.165) is 22.7 Å². The van der Waals surface area contributed by atoms with Crippen LogP contribution in [0.25, 0.3) is 0 Å². The first kappa shape index (κ1) is 23.9. The van der Waals surface area contributed by atoms with E-state index >= 15 is 0 Å². The molecule has 3 aromatic rings. The van der Waals surface area contributed by atoms with Gasteiger partial charge in [0.15, 0.2) is 0 Å². The van der Waals surface area contributed by atoms with Gasteiger partial charge in [-0.05, 0) is 72.0 Å². The molecule has 0 bridgehead atoms. The van der Waals surface area contributed by atoms with Gasteiger partial charge in [-0.3, -0.25) is 14.5 Å². The van der Waals surface area contributed by atoms with E-state index in [4.69, 9.17) is 4.74 Å². The Kier molecular flexibility index (Phi) is 6.98. The van der Waals surface area contributed by atoms with Crippen molar-refractivity contribution in [1.82, 2.24) is 0 Å². The molecule has 0 aromatic heterocycles. The van der Waals surface area contributed by atoms with Gasteiger partial charge in [-0.1, -0.05) is 45.0 Å². The minimum absolute atomic E-state index is 0.0453. The van der Waals surface area contributed by atoms with E-state index in [1.54, 1.807) is 11.8 Å². The zero-order valence-electron chi connectivity index (χ0n) is 20.0. The zero-order valence-corrected chi connectivity index (χ0v) is 20.8. The molecule has 0 radical (unpaired) electrons. The molecule has 3 aromatic carbocycles. The Morgan fingerprint density at radius 2 is 1.65 bits per heavy atom. The van der Waals surface area contributed by atoms with Crippen molar-refractivity contribution in [3.63, 3.8) is 0 Å². The van der Waals surface area contributed by atoms with Gasteiger partial charge in [0.05, 0.1) is 12.4 Å². The van der Waals surface area contributed by atoms with Gasteiger partial charge < -0.3 is 10.1 Å². The third-order valence-electron chi connectivity index (χ3n) is 5.76. The molecule has 0 saturated carbocycles. The molecule has 6 heteroatoms. The van der Waals surface area contributed by atoms with Crippen LogP contribution in [0, 0.1) is 0 Å². The van der Waals surface area contributed by atoms with Gasteiger partial charge in [0.2, 0.25) is 5.91 Å². The highest BCUT2D eigenvalue weighted by atomic mass is 32.2. The number of thioether (sulfide) groups is 1. The van der Waals surface area contributed by atoms with Gasteiger partial charge in [0.1, 0.15) is 11.1 Å². The van der Waals surface area contributed by atoms with E-state index in [1.165, 1.54) is 5.56 Å². The minimum atomic E-state index is -0.144. The van der Waals surface area contributed by atoms with Crippen LogP contribution in [-0.4, -0.2) is 24.2 Å². The molecule has 34 heavy (non-hydrogen) atoms. The summed E-state index contributed by atoms with van der Waals surface area (Å²) in [5.74, 6) is 1.15. The normalized spacial score (nSPS) is 15.9. The van der Waals surface area contributed by atoms with Crippen LogP contribution in [0.1, 0.15) is 54.6 Å². The molecule has 2 amide bonds. The Hall–Kier alpha value is -3.25. The fraction of sp³-hybridized carbons (Fsp3) is 0.286. The summed E-state index contributed by atoms with van der Waals surface area (Å²) in [5.41, 5.74) is 4.43. The number of ether oxygens (including phenoxy) is 1. The standard InChI is InChI=1S/C28H30N2O3S/c1-5-33-24-16-14-23(15-17-24)30-25(31)18-34-27(30)20-8-12-22(13-9-20)29-26(32)19-6-10-21(11-7-19)28(2,3)4/h6-17,27H,5,18H2,1-4H3,(H,29,32)/t27-/m0/s1. The number of rotatable bonds is 6. The number of carbonyl (C=O) groups excluding carboxylic acids is 2. The van der Waals surface area contributed by atoms with Crippen LogP contribution in [0.5, 0.6) is 5.75 Å². The van der Waals surface area contributed by atoms with Gasteiger partial charge in [-0.15, -0.1) is 11.8 Å². The van der Waals surface area contributed by atoms with Crippen molar-refractivity contribution in [2.45, 2.75) is 38.5 Å². The smallest absolute Gasteiger partial charge is 0.255 e. The number of anilines is 2. The summed E-state index contributed by atoms with van der Waals surface area (Å²) in [6.45, 7) is 9.00. The molecule has 5 nitrogen and oxygen atoms in total. The molecular formula is C28H30N2O3S. The zero-order chi connectivity index (χ0) is 24.3. The molecule has 1 N–H and O–H groups in total. The number of benzene rings is 3. The van der Waals surface area contributed by atoms with Crippen molar-refractivity contribution >= 4 is 35.0 Å². The number of nitrogens with one attached hydrogen (secondary N) is 1. The molecule has 1 fully saturated rings. The van der Waals surface area contributed by atoms with Gasteiger partial charge >= 0.3 is 0 Å². The first-order chi connectivity index (χ1) is 16.3. The summed E-state index contributed by atoms with van der Waals surface area (Å²) in [6, 6.07) is 23.0. The second kappa shape index (κ2) is 9.94. The van der Waals surface area contributed by atoms with Crippen molar-refractivity contribution in [2.24, 2.45) is 0 Å². The quantitative estimate of drug-likeness (QED) is 0.448. The number of hydrogen-bond acceptors (Lipinski definition) is 4. The summed E-state index contributed by atoms with van der Waals surface area (Å²) < 4.78 is 5.52. The van der Waals surface area contributed by atoms with E-state index in [9.17, 15) is 9.59 Å². The molecule has 1 aliphatic rings. The fourth-order valence-corrected chi connectivity index (χ4v) is 5.05. The van der Waals surface area contributed by atoms with Gasteiger partial charge in [-0.25, -0.2) is 0 Å². The van der Waals surface area contributed by atoms with Crippen LogP contribution in [-0.2, 0) is 10.2 Å². The SMILES string of the molecule is CCOc1ccc(N2C(=O)CS[C@H]2c2ccc(NC(=O)c3ccc(C(C)(C)C)cc3)cc2)cc1. The van der Waals surface area contributed by atoms with E-state index in [2.05, 4.69) is 26.1 Å². The lowest BCUT2D eigenvalue weighted by molar-refractivity contribution is -0.115. The van der Waals surface area contributed by atoms with Crippen LogP contribution >= 0.6 is 11.8 Å². The largest absolute Gasteiger partial charge is 0.494 e. The van der Waals surface area contributed by atoms with Gasteiger partial charge in [-0.2, -0.15) is 0 Å². The van der Waals surface area contributed by atoms with Crippen LogP contribution in [0.4, 0.5) is 11.4 Å². The Bertz CT molecular complexity index is 1150. The Morgan fingerprint density at radius 1 is 1.00 bits per heavy atom. The van der Waals surface area contributed by atoms with E-state index in [1.807, 2.05) is 84.6 Å². The lowest BCUT2D eigenvalue weighted by Crippen LogP contribution is -2.27. The van der Waals surface area contributed by atoms with Crippen molar-refractivity contribution < 1.29 is 14.3 Å². The number of carbonyl (C=O) groups is 2. The second-order valence-corrected chi connectivity index (χ2v) is 10.3. The molecule has 1 heterocycles. The number of hydrogen-bond donors (Lipinski definition) is 1. The van der Waals surface area contributed by atoms with Gasteiger partial charge in [0, 0.05) is 16.9 Å². The van der Waals surface area contributed by atoms with Crippen molar-refractivity contribution in [3.05, 3.63) is 89.5 Å². The average Bonchev–Trinajstić information content (AvgIpc) is 3.21. The molecule has 0 spiro atoms. The van der Waals surface area contributed by atoms with Crippen molar-refractivity contribution in [2.75, 3.05) is 22.6 Å². The maximum atomic E-state index is 12.7. The lowest BCUT2D eigenvalue weighted by Gasteiger charge is -2.24. The summed E-state index contributed by atoms with van der Waals surface area (Å²) in [4.78, 5) is 27.2. The maximum Gasteiger partial charge on any atom is 0.255 e. The highest BCUT2D eigenvalue weighted by molar-refractivity contribution is 8.00. The third-order valence-corrected chi connectivity index (χ3v) is 6.97. The molecule has 1 aliphatic heterocycles. The minimum Gasteiger partial charge on any atom is -0.494 e. The van der Waals surface area contributed by atoms with E-state index in [0.29, 0.717) is 17.9 Å². The Labute approximate surface area is 205 Å². The molecule has 4 rings (SSSR count). The average molecular weight is 475 g/mol. The Morgan fingerprint density at radius 3 is 2.24 bits per heavy atom. The predicted molar refractivity (Wildman–Crippen MR) is 140 cm³/mol. The number of nitrogens with zero attached hydrogens (tertiary/aromatic N) is 1. The number of amides is 2. The molecule has 0 unspecified atom stereocenters. The highest BCUT2D eigenvalue weighted by Gasteiger charge is 2.34. The van der Waals surface area contributed by atoms with E-state index < -0.39 is 0 Å².